The molecule has 0 unspecified atom stereocenters. The van der Waals surface area contributed by atoms with E-state index in [2.05, 4.69) is 15.5 Å². The van der Waals surface area contributed by atoms with Crippen molar-refractivity contribution >= 4 is 17.6 Å². The second-order valence-electron chi connectivity index (χ2n) is 7.36. The van der Waals surface area contributed by atoms with Gasteiger partial charge in [-0.15, -0.1) is 0 Å². The molecule has 0 radical (unpaired) electrons. The summed E-state index contributed by atoms with van der Waals surface area (Å²) in [6.07, 6.45) is 3.52. The molecule has 0 spiro atoms. The van der Waals surface area contributed by atoms with Gasteiger partial charge in [0.15, 0.2) is 5.82 Å². The molecule has 1 aliphatic carbocycles. The number of nitrogens with zero attached hydrogens (tertiary/aromatic N) is 4. The average molecular weight is 387 g/mol. The summed E-state index contributed by atoms with van der Waals surface area (Å²) in [6, 6.07) is 5.10. The average Bonchev–Trinajstić information content (AvgIpc) is 3.21. The van der Waals surface area contributed by atoms with Crippen LogP contribution in [-0.2, 0) is 11.3 Å². The first-order valence-electron chi connectivity index (χ1n) is 9.39. The van der Waals surface area contributed by atoms with Gasteiger partial charge in [0.1, 0.15) is 5.82 Å². The molecule has 3 amide bonds. The molecule has 1 N–H and O–H groups in total. The third-order valence-corrected chi connectivity index (χ3v) is 5.25. The summed E-state index contributed by atoms with van der Waals surface area (Å²) in [5.41, 5.74) is 0.617. The third kappa shape index (κ3) is 3.83. The zero-order valence-corrected chi connectivity index (χ0v) is 15.6. The lowest BCUT2D eigenvalue weighted by molar-refractivity contribution is -0.117. The van der Waals surface area contributed by atoms with Crippen molar-refractivity contribution in [3.8, 4) is 0 Å². The number of rotatable bonds is 5. The number of halogens is 1. The highest BCUT2D eigenvalue weighted by atomic mass is 19.1. The van der Waals surface area contributed by atoms with E-state index in [1.54, 1.807) is 24.1 Å². The van der Waals surface area contributed by atoms with Gasteiger partial charge in [0.05, 0.1) is 12.6 Å². The molecular formula is C19H22FN5O3. The predicted molar refractivity (Wildman–Crippen MR) is 98.0 cm³/mol. The van der Waals surface area contributed by atoms with Crippen LogP contribution in [0.5, 0.6) is 0 Å². The molecule has 0 bridgehead atoms. The summed E-state index contributed by atoms with van der Waals surface area (Å²) in [4.78, 5) is 32.1. The molecule has 1 aromatic carbocycles. The summed E-state index contributed by atoms with van der Waals surface area (Å²) >= 11 is 0. The highest BCUT2D eigenvalue weighted by molar-refractivity contribution is 5.96. The molecule has 28 heavy (non-hydrogen) atoms. The largest absolute Gasteiger partial charge is 0.339 e. The molecule has 1 saturated heterocycles. The summed E-state index contributed by atoms with van der Waals surface area (Å²) in [5, 5.41) is 6.80. The first-order chi connectivity index (χ1) is 13.5. The fourth-order valence-electron chi connectivity index (χ4n) is 3.40. The molecule has 2 aliphatic rings. The van der Waals surface area contributed by atoms with E-state index in [1.165, 1.54) is 23.5 Å². The van der Waals surface area contributed by atoms with Crippen molar-refractivity contribution in [2.75, 3.05) is 18.5 Å². The second kappa shape index (κ2) is 7.57. The number of amides is 3. The SMILES string of the molecule is CN(Cc1noc(C2CCC2)n1)C(=O)N[C@H]1CC(=O)N(c2ccc(F)cc2)C1. The Kier molecular flexibility index (Phi) is 4.97. The monoisotopic (exact) mass is 387 g/mol. The van der Waals surface area contributed by atoms with Gasteiger partial charge in [0.25, 0.3) is 0 Å². The van der Waals surface area contributed by atoms with E-state index < -0.39 is 0 Å². The van der Waals surface area contributed by atoms with Crippen molar-refractivity contribution in [3.05, 3.63) is 41.8 Å². The molecule has 9 heteroatoms. The van der Waals surface area contributed by atoms with E-state index in [1.807, 2.05) is 0 Å². The van der Waals surface area contributed by atoms with Gasteiger partial charge in [-0.25, -0.2) is 9.18 Å². The van der Waals surface area contributed by atoms with E-state index in [0.29, 0.717) is 29.9 Å². The minimum Gasteiger partial charge on any atom is -0.339 e. The number of benzene rings is 1. The van der Waals surface area contributed by atoms with E-state index in [4.69, 9.17) is 4.52 Å². The molecule has 1 aliphatic heterocycles. The number of carbonyl (C=O) groups is 2. The molecule has 1 saturated carbocycles. The van der Waals surface area contributed by atoms with Gasteiger partial charge in [-0.05, 0) is 37.1 Å². The van der Waals surface area contributed by atoms with Crippen LogP contribution >= 0.6 is 0 Å². The summed E-state index contributed by atoms with van der Waals surface area (Å²) in [7, 11) is 1.64. The first kappa shape index (κ1) is 18.4. The summed E-state index contributed by atoms with van der Waals surface area (Å²) in [6.45, 7) is 0.572. The van der Waals surface area contributed by atoms with Gasteiger partial charge in [-0.3, -0.25) is 4.79 Å². The molecule has 1 aromatic heterocycles. The molecule has 2 aromatic rings. The van der Waals surface area contributed by atoms with Gasteiger partial charge >= 0.3 is 6.03 Å². The minimum atomic E-state index is -0.358. The van der Waals surface area contributed by atoms with Crippen LogP contribution in [0.3, 0.4) is 0 Å². The van der Waals surface area contributed by atoms with Gasteiger partial charge in [-0.2, -0.15) is 4.98 Å². The van der Waals surface area contributed by atoms with E-state index in [9.17, 15) is 14.0 Å². The fraction of sp³-hybridized carbons (Fsp3) is 0.474. The van der Waals surface area contributed by atoms with Crippen molar-refractivity contribution in [2.45, 2.75) is 44.2 Å². The van der Waals surface area contributed by atoms with Crippen molar-refractivity contribution < 1.29 is 18.5 Å². The molecule has 4 rings (SSSR count). The maximum atomic E-state index is 13.1. The smallest absolute Gasteiger partial charge is 0.317 e. The van der Waals surface area contributed by atoms with E-state index >= 15 is 0 Å². The Bertz CT molecular complexity index is 865. The van der Waals surface area contributed by atoms with Crippen LogP contribution in [-0.4, -0.2) is 46.6 Å². The maximum absolute atomic E-state index is 13.1. The lowest BCUT2D eigenvalue weighted by atomic mass is 9.85. The predicted octanol–water partition coefficient (Wildman–Crippen LogP) is 2.42. The highest BCUT2D eigenvalue weighted by Gasteiger charge is 2.32. The standard InChI is InChI=1S/C19H22FN5O3/c1-24(11-16-22-18(28-23-16)12-3-2-4-12)19(27)21-14-9-17(26)25(10-14)15-7-5-13(20)6-8-15/h5-8,12,14H,2-4,9-11H2,1H3,(H,21,27)/t14-/m0/s1. The zero-order chi connectivity index (χ0) is 19.7. The van der Waals surface area contributed by atoms with Crippen molar-refractivity contribution in [2.24, 2.45) is 0 Å². The molecule has 1 atom stereocenters. The third-order valence-electron chi connectivity index (χ3n) is 5.25. The summed E-state index contributed by atoms with van der Waals surface area (Å²) in [5.74, 6) is 0.996. The van der Waals surface area contributed by atoms with Gasteiger partial charge < -0.3 is 19.6 Å². The Labute approximate surface area is 161 Å². The Hall–Kier alpha value is -2.97. The molecule has 2 heterocycles. The molecule has 8 nitrogen and oxygen atoms in total. The van der Waals surface area contributed by atoms with E-state index in [0.717, 1.165) is 12.8 Å². The number of urea groups is 1. The second-order valence-corrected chi connectivity index (χ2v) is 7.36. The molecule has 2 fully saturated rings. The number of aromatic nitrogens is 2. The topological polar surface area (TPSA) is 91.6 Å². The van der Waals surface area contributed by atoms with Crippen LogP contribution in [0.1, 0.15) is 43.3 Å². The zero-order valence-electron chi connectivity index (χ0n) is 15.6. The Balaban J connectivity index is 1.31. The number of hydrogen-bond donors (Lipinski definition) is 1. The minimum absolute atomic E-state index is 0.108. The Morgan fingerprint density at radius 2 is 2.11 bits per heavy atom. The van der Waals surface area contributed by atoms with Crippen LogP contribution in [0.15, 0.2) is 28.8 Å². The van der Waals surface area contributed by atoms with Crippen molar-refractivity contribution in [1.82, 2.24) is 20.4 Å². The van der Waals surface area contributed by atoms with Crippen molar-refractivity contribution in [1.29, 1.82) is 0 Å². The lowest BCUT2D eigenvalue weighted by Crippen LogP contribution is -2.44. The van der Waals surface area contributed by atoms with Crippen molar-refractivity contribution in [3.63, 3.8) is 0 Å². The van der Waals surface area contributed by atoms with Crippen LogP contribution in [0.4, 0.5) is 14.9 Å². The van der Waals surface area contributed by atoms with Gasteiger partial charge in [0, 0.05) is 31.6 Å². The lowest BCUT2D eigenvalue weighted by Gasteiger charge is -2.21. The first-order valence-corrected chi connectivity index (χ1v) is 9.39. The molecule has 148 valence electrons. The van der Waals surface area contributed by atoms with E-state index in [-0.39, 0.29) is 36.8 Å². The number of nitrogens with one attached hydrogen (secondary N) is 1. The fourth-order valence-corrected chi connectivity index (χ4v) is 3.40. The Morgan fingerprint density at radius 1 is 1.36 bits per heavy atom. The maximum Gasteiger partial charge on any atom is 0.317 e. The molecular weight excluding hydrogens is 365 g/mol. The number of anilines is 1. The van der Waals surface area contributed by atoms with Crippen LogP contribution in [0, 0.1) is 5.82 Å². The van der Waals surface area contributed by atoms with Crippen LogP contribution in [0.2, 0.25) is 0 Å². The number of hydrogen-bond acceptors (Lipinski definition) is 5. The van der Waals surface area contributed by atoms with Crippen LogP contribution < -0.4 is 10.2 Å². The normalized spacial score (nSPS) is 19.6. The quantitative estimate of drug-likeness (QED) is 0.851. The number of carbonyl (C=O) groups excluding carboxylic acids is 2. The van der Waals surface area contributed by atoms with Crippen LogP contribution in [0.25, 0.3) is 0 Å². The Morgan fingerprint density at radius 3 is 2.79 bits per heavy atom. The van der Waals surface area contributed by atoms with Gasteiger partial charge in [0.2, 0.25) is 11.8 Å². The summed E-state index contributed by atoms with van der Waals surface area (Å²) < 4.78 is 18.3. The van der Waals surface area contributed by atoms with Gasteiger partial charge in [-0.1, -0.05) is 11.6 Å². The highest BCUT2D eigenvalue weighted by Crippen LogP contribution is 2.35.